The third-order valence-electron chi connectivity index (χ3n) is 4.12. The SMILES string of the molecule is CC(NC(=O)C1CCCN(S(C)(=O)=O)C1)C1CCCO1. The molecule has 116 valence electrons. The molecular formula is C13H24N2O4S. The Kier molecular flexibility index (Phi) is 5.04. The number of rotatable bonds is 4. The van der Waals surface area contributed by atoms with Gasteiger partial charge in [0.05, 0.1) is 24.3 Å². The van der Waals surface area contributed by atoms with Crippen molar-refractivity contribution in [3.05, 3.63) is 0 Å². The van der Waals surface area contributed by atoms with E-state index in [1.54, 1.807) is 0 Å². The normalized spacial score (nSPS) is 30.1. The molecule has 2 fully saturated rings. The highest BCUT2D eigenvalue weighted by atomic mass is 32.2. The Morgan fingerprint density at radius 1 is 1.35 bits per heavy atom. The molecule has 0 saturated carbocycles. The number of sulfonamides is 1. The number of nitrogens with zero attached hydrogens (tertiary/aromatic N) is 1. The quantitative estimate of drug-likeness (QED) is 0.813. The van der Waals surface area contributed by atoms with Crippen molar-refractivity contribution in [1.82, 2.24) is 9.62 Å². The zero-order valence-corrected chi connectivity index (χ0v) is 13.0. The minimum Gasteiger partial charge on any atom is -0.376 e. The summed E-state index contributed by atoms with van der Waals surface area (Å²) in [6.07, 6.45) is 4.78. The number of carbonyl (C=O) groups is 1. The monoisotopic (exact) mass is 304 g/mol. The minimum absolute atomic E-state index is 0.0152. The lowest BCUT2D eigenvalue weighted by atomic mass is 9.98. The van der Waals surface area contributed by atoms with Crippen LogP contribution in [0.15, 0.2) is 0 Å². The lowest BCUT2D eigenvalue weighted by Crippen LogP contribution is -2.49. The first-order chi connectivity index (χ1) is 9.38. The average molecular weight is 304 g/mol. The summed E-state index contributed by atoms with van der Waals surface area (Å²) in [6, 6.07) is -0.0152. The Morgan fingerprint density at radius 3 is 2.70 bits per heavy atom. The second kappa shape index (κ2) is 6.41. The van der Waals surface area contributed by atoms with E-state index < -0.39 is 10.0 Å². The second-order valence-corrected chi connectivity index (χ2v) is 7.79. The van der Waals surface area contributed by atoms with Crippen molar-refractivity contribution in [2.45, 2.75) is 44.8 Å². The molecule has 0 aromatic rings. The van der Waals surface area contributed by atoms with Crippen LogP contribution in [0.3, 0.4) is 0 Å². The average Bonchev–Trinajstić information content (AvgIpc) is 2.91. The Hall–Kier alpha value is -0.660. The van der Waals surface area contributed by atoms with E-state index in [2.05, 4.69) is 5.32 Å². The molecule has 1 amide bonds. The van der Waals surface area contributed by atoms with Crippen LogP contribution in [0.5, 0.6) is 0 Å². The molecule has 0 aromatic carbocycles. The van der Waals surface area contributed by atoms with Crippen LogP contribution in [-0.2, 0) is 19.6 Å². The molecule has 6 nitrogen and oxygen atoms in total. The molecular weight excluding hydrogens is 280 g/mol. The second-order valence-electron chi connectivity index (χ2n) is 5.81. The molecule has 0 aliphatic carbocycles. The Bertz CT molecular complexity index is 445. The van der Waals surface area contributed by atoms with Crippen LogP contribution in [0.4, 0.5) is 0 Å². The van der Waals surface area contributed by atoms with E-state index in [4.69, 9.17) is 4.74 Å². The van der Waals surface area contributed by atoms with Gasteiger partial charge in [-0.1, -0.05) is 0 Å². The highest BCUT2D eigenvalue weighted by Gasteiger charge is 2.32. The summed E-state index contributed by atoms with van der Waals surface area (Å²) in [7, 11) is -3.21. The van der Waals surface area contributed by atoms with Gasteiger partial charge >= 0.3 is 0 Å². The number of hydrogen-bond donors (Lipinski definition) is 1. The molecule has 0 bridgehead atoms. The maximum absolute atomic E-state index is 12.2. The van der Waals surface area contributed by atoms with Crippen molar-refractivity contribution in [1.29, 1.82) is 0 Å². The molecule has 0 spiro atoms. The molecule has 0 radical (unpaired) electrons. The predicted molar refractivity (Wildman–Crippen MR) is 75.7 cm³/mol. The highest BCUT2D eigenvalue weighted by molar-refractivity contribution is 7.88. The van der Waals surface area contributed by atoms with Gasteiger partial charge in [-0.25, -0.2) is 12.7 Å². The molecule has 1 N–H and O–H groups in total. The summed E-state index contributed by atoms with van der Waals surface area (Å²) in [5.41, 5.74) is 0. The van der Waals surface area contributed by atoms with E-state index >= 15 is 0 Å². The van der Waals surface area contributed by atoms with E-state index in [9.17, 15) is 13.2 Å². The number of amides is 1. The topological polar surface area (TPSA) is 75.7 Å². The summed E-state index contributed by atoms with van der Waals surface area (Å²) >= 11 is 0. The van der Waals surface area contributed by atoms with Crippen LogP contribution < -0.4 is 5.32 Å². The Labute approximate surface area is 120 Å². The lowest BCUT2D eigenvalue weighted by molar-refractivity contribution is -0.127. The fourth-order valence-electron chi connectivity index (χ4n) is 2.89. The Morgan fingerprint density at radius 2 is 2.10 bits per heavy atom. The maximum atomic E-state index is 12.2. The van der Waals surface area contributed by atoms with Gasteiger partial charge in [-0.2, -0.15) is 0 Å². The third kappa shape index (κ3) is 3.93. The van der Waals surface area contributed by atoms with E-state index in [1.165, 1.54) is 10.6 Å². The number of ether oxygens (including phenoxy) is 1. The van der Waals surface area contributed by atoms with Gasteiger partial charge in [-0.3, -0.25) is 4.79 Å². The van der Waals surface area contributed by atoms with Gasteiger partial charge in [0, 0.05) is 19.7 Å². The molecule has 7 heteroatoms. The molecule has 3 unspecified atom stereocenters. The van der Waals surface area contributed by atoms with Crippen molar-refractivity contribution in [3.8, 4) is 0 Å². The molecule has 20 heavy (non-hydrogen) atoms. The third-order valence-corrected chi connectivity index (χ3v) is 5.39. The molecule has 2 heterocycles. The van der Waals surface area contributed by atoms with E-state index in [0.29, 0.717) is 13.1 Å². The summed E-state index contributed by atoms with van der Waals surface area (Å²) in [6.45, 7) is 3.52. The van der Waals surface area contributed by atoms with Crippen LogP contribution >= 0.6 is 0 Å². The van der Waals surface area contributed by atoms with Gasteiger partial charge in [0.15, 0.2) is 0 Å². The molecule has 3 atom stereocenters. The smallest absolute Gasteiger partial charge is 0.224 e. The summed E-state index contributed by atoms with van der Waals surface area (Å²) in [4.78, 5) is 12.2. The van der Waals surface area contributed by atoms with E-state index in [0.717, 1.165) is 32.3 Å². The van der Waals surface area contributed by atoms with Gasteiger partial charge in [0.2, 0.25) is 15.9 Å². The fraction of sp³-hybridized carbons (Fsp3) is 0.923. The summed E-state index contributed by atoms with van der Waals surface area (Å²) < 4.78 is 30.1. The van der Waals surface area contributed by atoms with Gasteiger partial charge in [0.25, 0.3) is 0 Å². The van der Waals surface area contributed by atoms with Crippen LogP contribution in [0.1, 0.15) is 32.6 Å². The summed E-state index contributed by atoms with van der Waals surface area (Å²) in [5, 5.41) is 2.98. The van der Waals surface area contributed by atoms with Crippen molar-refractivity contribution < 1.29 is 17.9 Å². The number of piperidine rings is 1. The van der Waals surface area contributed by atoms with Crippen molar-refractivity contribution in [3.63, 3.8) is 0 Å². The largest absolute Gasteiger partial charge is 0.376 e. The minimum atomic E-state index is -3.21. The van der Waals surface area contributed by atoms with Crippen LogP contribution in [0, 0.1) is 5.92 Å². The van der Waals surface area contributed by atoms with Gasteiger partial charge in [0.1, 0.15) is 0 Å². The Balaban J connectivity index is 1.88. The number of hydrogen-bond acceptors (Lipinski definition) is 4. The molecule has 2 aliphatic rings. The first-order valence-corrected chi connectivity index (χ1v) is 9.10. The highest BCUT2D eigenvalue weighted by Crippen LogP contribution is 2.20. The first kappa shape index (κ1) is 15.7. The lowest BCUT2D eigenvalue weighted by Gasteiger charge is -2.31. The van der Waals surface area contributed by atoms with Crippen molar-refractivity contribution in [2.75, 3.05) is 26.0 Å². The van der Waals surface area contributed by atoms with Gasteiger partial charge < -0.3 is 10.1 Å². The number of nitrogens with one attached hydrogen (secondary N) is 1. The van der Waals surface area contributed by atoms with Crippen LogP contribution in [0.2, 0.25) is 0 Å². The fourth-order valence-corrected chi connectivity index (χ4v) is 3.80. The van der Waals surface area contributed by atoms with E-state index in [1.807, 2.05) is 6.92 Å². The molecule has 0 aromatic heterocycles. The van der Waals surface area contributed by atoms with E-state index in [-0.39, 0.29) is 24.0 Å². The zero-order valence-electron chi connectivity index (χ0n) is 12.2. The summed E-state index contributed by atoms with van der Waals surface area (Å²) in [5.74, 6) is -0.302. The zero-order chi connectivity index (χ0) is 14.8. The van der Waals surface area contributed by atoms with Crippen LogP contribution in [-0.4, -0.2) is 56.7 Å². The molecule has 2 aliphatic heterocycles. The van der Waals surface area contributed by atoms with Crippen LogP contribution in [0.25, 0.3) is 0 Å². The van der Waals surface area contributed by atoms with Crippen molar-refractivity contribution in [2.24, 2.45) is 5.92 Å². The first-order valence-electron chi connectivity index (χ1n) is 7.25. The molecule has 2 rings (SSSR count). The molecule has 2 saturated heterocycles. The van der Waals surface area contributed by atoms with Gasteiger partial charge in [-0.05, 0) is 32.6 Å². The standard InChI is InChI=1S/C13H24N2O4S/c1-10(12-6-4-8-19-12)14-13(16)11-5-3-7-15(9-11)20(2,17)18/h10-12H,3-9H2,1-2H3,(H,14,16). The maximum Gasteiger partial charge on any atom is 0.224 e. The number of carbonyl (C=O) groups excluding carboxylic acids is 1. The van der Waals surface area contributed by atoms with Crippen molar-refractivity contribution >= 4 is 15.9 Å². The van der Waals surface area contributed by atoms with Gasteiger partial charge in [-0.15, -0.1) is 0 Å². The predicted octanol–water partition coefficient (Wildman–Crippen LogP) is 0.342.